The molecule has 0 radical (unpaired) electrons. The van der Waals surface area contributed by atoms with E-state index in [0.717, 1.165) is 27.8 Å². The molecule has 4 rings (SSSR count). The molecule has 98 valence electrons. The Bertz CT molecular complexity index is 937. The minimum Gasteiger partial charge on any atom is -0.461 e. The predicted molar refractivity (Wildman–Crippen MR) is 76.0 cm³/mol. The number of anilines is 1. The van der Waals surface area contributed by atoms with Crippen LogP contribution in [0.1, 0.15) is 5.76 Å². The number of imidazole rings is 1. The van der Waals surface area contributed by atoms with Crippen molar-refractivity contribution in [2.75, 3.05) is 5.73 Å². The third-order valence-corrected chi connectivity index (χ3v) is 3.18. The highest BCUT2D eigenvalue weighted by molar-refractivity contribution is 5.92. The number of aryl methyl sites for hydroxylation is 1. The molecule has 0 aliphatic rings. The molecular weight excluding hydrogens is 254 g/mol. The first-order valence-corrected chi connectivity index (χ1v) is 6.18. The summed E-state index contributed by atoms with van der Waals surface area (Å²) in [5, 5.41) is 1.05. The molecule has 3 N–H and O–H groups in total. The number of H-pyrrole nitrogens is 1. The predicted octanol–water partition coefficient (Wildman–Crippen LogP) is 2.66. The van der Waals surface area contributed by atoms with Crippen LogP contribution in [0, 0.1) is 6.92 Å². The van der Waals surface area contributed by atoms with Gasteiger partial charge in [0.05, 0.1) is 11.8 Å². The van der Waals surface area contributed by atoms with Crippen molar-refractivity contribution in [3.05, 3.63) is 36.2 Å². The van der Waals surface area contributed by atoms with E-state index in [9.17, 15) is 0 Å². The van der Waals surface area contributed by atoms with Gasteiger partial charge in [0.25, 0.3) is 0 Å². The average Bonchev–Trinajstić information content (AvgIpc) is 2.99. The number of hydrogen-bond donors (Lipinski definition) is 2. The van der Waals surface area contributed by atoms with E-state index in [1.54, 1.807) is 6.20 Å². The van der Waals surface area contributed by atoms with Gasteiger partial charge in [0.2, 0.25) is 5.95 Å². The van der Waals surface area contributed by atoms with Crippen LogP contribution in [0.5, 0.6) is 0 Å². The van der Waals surface area contributed by atoms with Gasteiger partial charge in [0.1, 0.15) is 22.7 Å². The summed E-state index contributed by atoms with van der Waals surface area (Å²) in [5.74, 6) is 1.77. The minimum atomic E-state index is 0.211. The molecule has 0 spiro atoms. The van der Waals surface area contributed by atoms with Crippen LogP contribution in [0.4, 0.5) is 5.95 Å². The highest BCUT2D eigenvalue weighted by Crippen LogP contribution is 2.30. The summed E-state index contributed by atoms with van der Waals surface area (Å²) >= 11 is 0. The van der Waals surface area contributed by atoms with Crippen LogP contribution in [-0.4, -0.2) is 19.9 Å². The van der Waals surface area contributed by atoms with Crippen molar-refractivity contribution in [2.45, 2.75) is 6.92 Å². The normalized spacial score (nSPS) is 11.4. The molecule has 0 aliphatic heterocycles. The monoisotopic (exact) mass is 265 g/mol. The van der Waals surface area contributed by atoms with Crippen LogP contribution < -0.4 is 5.73 Å². The second-order valence-corrected chi connectivity index (χ2v) is 4.63. The van der Waals surface area contributed by atoms with Crippen molar-refractivity contribution in [1.82, 2.24) is 19.9 Å². The van der Waals surface area contributed by atoms with Crippen molar-refractivity contribution >= 4 is 28.1 Å². The Kier molecular flexibility index (Phi) is 2.09. The summed E-state index contributed by atoms with van der Waals surface area (Å²) in [6, 6.07) is 7.94. The zero-order valence-corrected chi connectivity index (χ0v) is 10.7. The molecule has 0 atom stereocenters. The molecule has 0 unspecified atom stereocenters. The SMILES string of the molecule is Cc1cc2cccc(-c3nc4nc(N)ncc4[nH]3)c2o1. The lowest BCUT2D eigenvalue weighted by Gasteiger charge is -1.97. The number of furan rings is 1. The summed E-state index contributed by atoms with van der Waals surface area (Å²) in [7, 11) is 0. The first-order valence-electron chi connectivity index (χ1n) is 6.18. The molecule has 6 nitrogen and oxygen atoms in total. The largest absolute Gasteiger partial charge is 0.461 e. The molecule has 3 aromatic heterocycles. The lowest BCUT2D eigenvalue weighted by molar-refractivity contribution is 0.579. The number of nitrogens with zero attached hydrogens (tertiary/aromatic N) is 3. The van der Waals surface area contributed by atoms with Gasteiger partial charge in [-0.1, -0.05) is 12.1 Å². The van der Waals surface area contributed by atoms with E-state index in [2.05, 4.69) is 19.9 Å². The van der Waals surface area contributed by atoms with Crippen LogP contribution >= 0.6 is 0 Å². The maximum absolute atomic E-state index is 5.75. The van der Waals surface area contributed by atoms with E-state index in [1.165, 1.54) is 0 Å². The van der Waals surface area contributed by atoms with Gasteiger partial charge in [-0.05, 0) is 19.1 Å². The number of aromatic nitrogens is 4. The van der Waals surface area contributed by atoms with Crippen LogP contribution in [0.25, 0.3) is 33.5 Å². The summed E-state index contributed by atoms with van der Waals surface area (Å²) in [5.41, 5.74) is 8.57. The van der Waals surface area contributed by atoms with Gasteiger partial charge in [-0.25, -0.2) is 9.97 Å². The lowest BCUT2D eigenvalue weighted by atomic mass is 10.1. The quantitative estimate of drug-likeness (QED) is 0.551. The van der Waals surface area contributed by atoms with E-state index >= 15 is 0 Å². The number of hydrogen-bond acceptors (Lipinski definition) is 5. The van der Waals surface area contributed by atoms with Crippen molar-refractivity contribution in [2.24, 2.45) is 0 Å². The van der Waals surface area contributed by atoms with Gasteiger partial charge in [-0.2, -0.15) is 4.98 Å². The summed E-state index contributed by atoms with van der Waals surface area (Å²) < 4.78 is 5.75. The van der Waals surface area contributed by atoms with Gasteiger partial charge in [-0.15, -0.1) is 0 Å². The number of benzene rings is 1. The maximum atomic E-state index is 5.75. The fourth-order valence-electron chi connectivity index (χ4n) is 2.33. The molecule has 0 saturated heterocycles. The standard InChI is InChI=1S/C14H11N5O/c1-7-5-8-3-2-4-9(11(8)20-7)12-17-10-6-16-14(15)19-13(10)18-12/h2-6H,1H3,(H3,15,16,17,18,19). The van der Waals surface area contributed by atoms with Crippen molar-refractivity contribution < 1.29 is 4.42 Å². The fraction of sp³-hybridized carbons (Fsp3) is 0.0714. The van der Waals surface area contributed by atoms with Crippen LogP contribution in [0.3, 0.4) is 0 Å². The zero-order valence-electron chi connectivity index (χ0n) is 10.7. The van der Waals surface area contributed by atoms with Crippen molar-refractivity contribution in [3.63, 3.8) is 0 Å². The number of nitrogens with one attached hydrogen (secondary N) is 1. The Hall–Kier alpha value is -2.89. The second-order valence-electron chi connectivity index (χ2n) is 4.63. The number of para-hydroxylation sites is 1. The molecule has 0 amide bonds. The van der Waals surface area contributed by atoms with E-state index in [1.807, 2.05) is 31.2 Å². The Labute approximate surface area is 113 Å². The Morgan fingerprint density at radius 1 is 1.25 bits per heavy atom. The first-order chi connectivity index (χ1) is 9.70. The van der Waals surface area contributed by atoms with Crippen molar-refractivity contribution in [3.8, 4) is 11.4 Å². The minimum absolute atomic E-state index is 0.211. The molecule has 0 aliphatic carbocycles. The van der Waals surface area contributed by atoms with Crippen LogP contribution in [0.2, 0.25) is 0 Å². The summed E-state index contributed by atoms with van der Waals surface area (Å²) in [4.78, 5) is 15.7. The molecular formula is C14H11N5O. The lowest BCUT2D eigenvalue weighted by Crippen LogP contribution is -1.93. The molecule has 3 heterocycles. The van der Waals surface area contributed by atoms with Gasteiger partial charge >= 0.3 is 0 Å². The summed E-state index contributed by atoms with van der Waals surface area (Å²) in [6.07, 6.45) is 1.63. The second kappa shape index (κ2) is 3.80. The van der Waals surface area contributed by atoms with E-state index in [4.69, 9.17) is 10.2 Å². The Balaban J connectivity index is 2.00. The van der Waals surface area contributed by atoms with Gasteiger partial charge in [0, 0.05) is 5.39 Å². The topological polar surface area (TPSA) is 93.6 Å². The summed E-state index contributed by atoms with van der Waals surface area (Å²) in [6.45, 7) is 1.93. The maximum Gasteiger partial charge on any atom is 0.222 e. The molecule has 0 fully saturated rings. The molecule has 6 heteroatoms. The Morgan fingerprint density at radius 2 is 2.15 bits per heavy atom. The average molecular weight is 265 g/mol. The number of rotatable bonds is 1. The molecule has 4 aromatic rings. The number of aromatic amines is 1. The molecule has 1 aromatic carbocycles. The van der Waals surface area contributed by atoms with E-state index in [-0.39, 0.29) is 5.95 Å². The smallest absolute Gasteiger partial charge is 0.222 e. The third-order valence-electron chi connectivity index (χ3n) is 3.18. The number of nitrogen functional groups attached to an aromatic ring is 1. The molecule has 0 saturated carbocycles. The van der Waals surface area contributed by atoms with Crippen LogP contribution in [-0.2, 0) is 0 Å². The number of fused-ring (bicyclic) bond motifs is 2. The van der Waals surface area contributed by atoms with Crippen molar-refractivity contribution in [1.29, 1.82) is 0 Å². The van der Waals surface area contributed by atoms with E-state index in [0.29, 0.717) is 11.5 Å². The highest BCUT2D eigenvalue weighted by atomic mass is 16.3. The van der Waals surface area contributed by atoms with Gasteiger partial charge < -0.3 is 15.1 Å². The third kappa shape index (κ3) is 1.55. The first kappa shape index (κ1) is 11.0. The fourth-order valence-corrected chi connectivity index (χ4v) is 2.33. The van der Waals surface area contributed by atoms with Gasteiger partial charge in [0.15, 0.2) is 5.65 Å². The Morgan fingerprint density at radius 3 is 3.05 bits per heavy atom. The van der Waals surface area contributed by atoms with Gasteiger partial charge in [-0.3, -0.25) is 0 Å². The molecule has 20 heavy (non-hydrogen) atoms. The highest BCUT2D eigenvalue weighted by Gasteiger charge is 2.12. The van der Waals surface area contributed by atoms with Crippen LogP contribution in [0.15, 0.2) is 34.9 Å². The number of nitrogens with two attached hydrogens (primary N) is 1. The molecule has 0 bridgehead atoms. The zero-order chi connectivity index (χ0) is 13.7. The van der Waals surface area contributed by atoms with E-state index < -0.39 is 0 Å².